The zero-order valence-corrected chi connectivity index (χ0v) is 13.1. The van der Waals surface area contributed by atoms with E-state index >= 15 is 0 Å². The monoisotopic (exact) mass is 324 g/mol. The zero-order valence-electron chi connectivity index (χ0n) is 13.1. The van der Waals surface area contributed by atoms with E-state index in [1.54, 1.807) is 20.8 Å². The number of aliphatic hydroxyl groups is 1. The second kappa shape index (κ2) is 6.33. The Kier molecular flexibility index (Phi) is 5.34. The molecular weight excluding hydrogens is 302 g/mol. The fourth-order valence-corrected chi connectivity index (χ4v) is 1.83. The molecule has 7 nitrogen and oxygen atoms in total. The summed E-state index contributed by atoms with van der Waals surface area (Å²) in [5.74, 6) is -5.62. The van der Waals surface area contributed by atoms with Gasteiger partial charge in [0.1, 0.15) is 5.60 Å². The summed E-state index contributed by atoms with van der Waals surface area (Å²) in [4.78, 5) is 24.1. The van der Waals surface area contributed by atoms with Gasteiger partial charge in [0, 0.05) is 13.7 Å². The van der Waals surface area contributed by atoms with E-state index in [4.69, 9.17) is 4.74 Å². The maximum Gasteiger partial charge on any atom is 0.410 e. The average molecular weight is 324 g/mol. The van der Waals surface area contributed by atoms with E-state index in [0.29, 0.717) is 0 Å². The zero-order chi connectivity index (χ0) is 17.2. The fraction of sp³-hybridized carbons (Fsp3) is 0.846. The summed E-state index contributed by atoms with van der Waals surface area (Å²) in [6.45, 7) is 3.53. The van der Waals surface area contributed by atoms with Gasteiger partial charge in [-0.25, -0.2) is 4.79 Å². The van der Waals surface area contributed by atoms with Crippen molar-refractivity contribution in [2.75, 3.05) is 33.4 Å². The number of amides is 2. The van der Waals surface area contributed by atoms with Crippen LogP contribution in [-0.2, 0) is 14.3 Å². The number of nitrogens with zero attached hydrogens (tertiary/aromatic N) is 1. The average Bonchev–Trinajstić information content (AvgIpc) is 2.32. The second-order valence-electron chi connectivity index (χ2n) is 6.19. The van der Waals surface area contributed by atoms with E-state index in [1.165, 1.54) is 7.11 Å². The van der Waals surface area contributed by atoms with E-state index in [0.717, 1.165) is 4.90 Å². The number of rotatable bonds is 5. The molecule has 0 aromatic carbocycles. The highest BCUT2D eigenvalue weighted by Gasteiger charge is 2.65. The molecule has 1 aliphatic rings. The molecule has 0 atom stereocenters. The number of β-amino-alcohol motifs (C(OH)–C–C–N with tert-alkyl or cyclic N) is 1. The SMILES string of the molecule is COCCNC(=O)C(F)(F)C1(O)CN(C(=O)OC(C)(C)C)C1. The maximum atomic E-state index is 14.0. The first-order valence-corrected chi connectivity index (χ1v) is 6.78. The van der Waals surface area contributed by atoms with E-state index < -0.39 is 42.2 Å². The number of carbonyl (C=O) groups excluding carboxylic acids is 2. The van der Waals surface area contributed by atoms with Crippen LogP contribution in [0.1, 0.15) is 20.8 Å². The molecule has 0 aliphatic carbocycles. The second-order valence-corrected chi connectivity index (χ2v) is 6.19. The van der Waals surface area contributed by atoms with Gasteiger partial charge in [0.2, 0.25) is 0 Å². The van der Waals surface area contributed by atoms with E-state index in [-0.39, 0.29) is 13.2 Å². The molecule has 0 unspecified atom stereocenters. The minimum atomic E-state index is -4.01. The van der Waals surface area contributed by atoms with Crippen molar-refractivity contribution >= 4 is 12.0 Å². The summed E-state index contributed by atoms with van der Waals surface area (Å²) in [5, 5.41) is 11.9. The Bertz CT molecular complexity index is 431. The van der Waals surface area contributed by atoms with Crippen molar-refractivity contribution < 1.29 is 33.0 Å². The smallest absolute Gasteiger partial charge is 0.410 e. The van der Waals surface area contributed by atoms with E-state index in [9.17, 15) is 23.5 Å². The lowest BCUT2D eigenvalue weighted by Gasteiger charge is -2.48. The van der Waals surface area contributed by atoms with Crippen LogP contribution in [0.2, 0.25) is 0 Å². The van der Waals surface area contributed by atoms with E-state index in [2.05, 4.69) is 4.74 Å². The number of carbonyl (C=O) groups is 2. The minimum absolute atomic E-state index is 0.0737. The van der Waals surface area contributed by atoms with Gasteiger partial charge in [0.05, 0.1) is 19.7 Å². The molecule has 1 saturated heterocycles. The number of alkyl halides is 2. The van der Waals surface area contributed by atoms with Crippen molar-refractivity contribution in [3.05, 3.63) is 0 Å². The summed E-state index contributed by atoms with van der Waals surface area (Å²) >= 11 is 0. The van der Waals surface area contributed by atoms with Crippen LogP contribution in [0.3, 0.4) is 0 Å². The Balaban J connectivity index is 2.59. The predicted octanol–water partition coefficient (Wildman–Crippen LogP) is 0.366. The van der Waals surface area contributed by atoms with Crippen LogP contribution in [0, 0.1) is 0 Å². The highest BCUT2D eigenvalue weighted by Crippen LogP contribution is 2.37. The van der Waals surface area contributed by atoms with Gasteiger partial charge in [0.15, 0.2) is 5.60 Å². The van der Waals surface area contributed by atoms with Crippen molar-refractivity contribution in [3.63, 3.8) is 0 Å². The standard InChI is InChI=1S/C13H22F2N2O5/c1-11(2,3)22-10(19)17-7-12(20,8-17)13(14,15)9(18)16-5-6-21-4/h20H,5-8H2,1-4H3,(H,16,18). The molecule has 2 amide bonds. The summed E-state index contributed by atoms with van der Waals surface area (Å²) in [6, 6.07) is 0. The number of hydrogen-bond donors (Lipinski definition) is 2. The number of nitrogens with one attached hydrogen (secondary N) is 1. The Hall–Kier alpha value is -1.48. The topological polar surface area (TPSA) is 88.1 Å². The van der Waals surface area contributed by atoms with Crippen molar-refractivity contribution in [3.8, 4) is 0 Å². The van der Waals surface area contributed by atoms with Gasteiger partial charge in [-0.05, 0) is 20.8 Å². The summed E-state index contributed by atoms with van der Waals surface area (Å²) < 4.78 is 37.6. The van der Waals surface area contributed by atoms with Crippen LogP contribution >= 0.6 is 0 Å². The largest absolute Gasteiger partial charge is 0.444 e. The number of likely N-dealkylation sites (tertiary alicyclic amines) is 1. The summed E-state index contributed by atoms with van der Waals surface area (Å²) in [5.41, 5.74) is -3.37. The first-order valence-electron chi connectivity index (χ1n) is 6.78. The van der Waals surface area contributed by atoms with Crippen LogP contribution in [0.4, 0.5) is 13.6 Å². The van der Waals surface area contributed by atoms with E-state index in [1.807, 2.05) is 5.32 Å². The molecule has 0 spiro atoms. The lowest BCUT2D eigenvalue weighted by Crippen LogP contribution is -2.74. The van der Waals surface area contributed by atoms with Gasteiger partial charge in [-0.3, -0.25) is 4.79 Å². The van der Waals surface area contributed by atoms with Gasteiger partial charge in [-0.2, -0.15) is 8.78 Å². The molecule has 128 valence electrons. The Morgan fingerprint density at radius 1 is 1.32 bits per heavy atom. The van der Waals surface area contributed by atoms with Crippen molar-refractivity contribution in [1.82, 2.24) is 10.2 Å². The molecule has 0 aromatic heterocycles. The van der Waals surface area contributed by atoms with Gasteiger partial charge in [-0.1, -0.05) is 0 Å². The van der Waals surface area contributed by atoms with Crippen LogP contribution in [0.25, 0.3) is 0 Å². The van der Waals surface area contributed by atoms with Crippen molar-refractivity contribution in [2.24, 2.45) is 0 Å². The molecule has 2 N–H and O–H groups in total. The highest BCUT2D eigenvalue weighted by molar-refractivity contribution is 5.85. The molecule has 0 bridgehead atoms. The van der Waals surface area contributed by atoms with Gasteiger partial charge in [0.25, 0.3) is 5.91 Å². The first-order chi connectivity index (χ1) is 9.93. The molecule has 0 aromatic rings. The summed E-state index contributed by atoms with van der Waals surface area (Å²) in [6.07, 6.45) is -0.812. The fourth-order valence-electron chi connectivity index (χ4n) is 1.83. The predicted molar refractivity (Wildman–Crippen MR) is 72.6 cm³/mol. The van der Waals surface area contributed by atoms with Gasteiger partial charge >= 0.3 is 12.0 Å². The van der Waals surface area contributed by atoms with Crippen LogP contribution < -0.4 is 5.32 Å². The summed E-state index contributed by atoms with van der Waals surface area (Å²) in [7, 11) is 1.36. The quantitative estimate of drug-likeness (QED) is 0.713. The third kappa shape index (κ3) is 4.04. The molecule has 0 radical (unpaired) electrons. The van der Waals surface area contributed by atoms with Crippen molar-refractivity contribution in [2.45, 2.75) is 37.9 Å². The minimum Gasteiger partial charge on any atom is -0.444 e. The molecule has 1 heterocycles. The molecule has 0 saturated carbocycles. The third-order valence-corrected chi connectivity index (χ3v) is 3.02. The molecule has 1 rings (SSSR count). The van der Waals surface area contributed by atoms with Crippen LogP contribution in [0.5, 0.6) is 0 Å². The van der Waals surface area contributed by atoms with Crippen LogP contribution in [-0.4, -0.2) is 72.5 Å². The molecule has 1 fully saturated rings. The Labute approximate surface area is 127 Å². The molecule has 9 heteroatoms. The normalized spacial score (nSPS) is 17.7. The van der Waals surface area contributed by atoms with Crippen LogP contribution in [0.15, 0.2) is 0 Å². The highest BCUT2D eigenvalue weighted by atomic mass is 19.3. The third-order valence-electron chi connectivity index (χ3n) is 3.02. The first kappa shape index (κ1) is 18.6. The van der Waals surface area contributed by atoms with Gasteiger partial charge < -0.3 is 24.8 Å². The number of hydrogen-bond acceptors (Lipinski definition) is 5. The Morgan fingerprint density at radius 2 is 1.86 bits per heavy atom. The number of halogens is 2. The van der Waals surface area contributed by atoms with Crippen molar-refractivity contribution in [1.29, 1.82) is 0 Å². The number of methoxy groups -OCH3 is 1. The van der Waals surface area contributed by atoms with Gasteiger partial charge in [-0.15, -0.1) is 0 Å². The molecule has 1 aliphatic heterocycles. The maximum absolute atomic E-state index is 14.0. The number of ether oxygens (including phenoxy) is 2. The Morgan fingerprint density at radius 3 is 2.32 bits per heavy atom. The molecule has 22 heavy (non-hydrogen) atoms. The lowest BCUT2D eigenvalue weighted by atomic mass is 9.86. The lowest BCUT2D eigenvalue weighted by molar-refractivity contribution is -0.230. The molecular formula is C13H22F2N2O5.